The van der Waals surface area contributed by atoms with Gasteiger partial charge in [-0.15, -0.1) is 0 Å². The summed E-state index contributed by atoms with van der Waals surface area (Å²) < 4.78 is 5.11. The van der Waals surface area contributed by atoms with Gasteiger partial charge < -0.3 is 15.4 Å². The van der Waals surface area contributed by atoms with Gasteiger partial charge in [0.1, 0.15) is 11.6 Å². The summed E-state index contributed by atoms with van der Waals surface area (Å²) >= 11 is 5.81. The molecule has 1 aromatic heterocycles. The van der Waals surface area contributed by atoms with Crippen molar-refractivity contribution in [3.63, 3.8) is 0 Å². The Labute approximate surface area is 169 Å². The number of piperidine rings is 1. The van der Waals surface area contributed by atoms with E-state index in [4.69, 9.17) is 16.3 Å². The molecule has 2 amide bonds. The molecule has 3 rings (SSSR count). The minimum atomic E-state index is -0.181. The van der Waals surface area contributed by atoms with Gasteiger partial charge in [0, 0.05) is 18.4 Å². The maximum Gasteiger partial charge on any atom is 0.238 e. The molecule has 1 fully saturated rings. The monoisotopic (exact) mass is 402 g/mol. The molecule has 7 nitrogen and oxygen atoms in total. The summed E-state index contributed by atoms with van der Waals surface area (Å²) in [5.41, 5.74) is 0.714. The number of nitrogens with one attached hydrogen (secondary N) is 2. The Kier molecular flexibility index (Phi) is 6.84. The number of pyridine rings is 1. The van der Waals surface area contributed by atoms with Gasteiger partial charge in [-0.2, -0.15) is 0 Å². The molecule has 0 spiro atoms. The quantitative estimate of drug-likeness (QED) is 0.775. The Bertz CT molecular complexity index is 811. The number of hydrogen-bond donors (Lipinski definition) is 2. The molecule has 1 unspecified atom stereocenters. The van der Waals surface area contributed by atoms with Crippen molar-refractivity contribution in [2.75, 3.05) is 37.4 Å². The predicted octanol–water partition coefficient (Wildman–Crippen LogP) is 3.03. The van der Waals surface area contributed by atoms with Gasteiger partial charge in [0.25, 0.3) is 0 Å². The number of likely N-dealkylation sites (tertiary alicyclic amines) is 1. The third-order valence-corrected chi connectivity index (χ3v) is 4.82. The lowest BCUT2D eigenvalue weighted by Gasteiger charge is -2.31. The highest BCUT2D eigenvalue weighted by molar-refractivity contribution is 6.30. The number of benzene rings is 1. The lowest BCUT2D eigenvalue weighted by Crippen LogP contribution is -2.44. The highest BCUT2D eigenvalue weighted by Crippen LogP contribution is 2.19. The van der Waals surface area contributed by atoms with E-state index in [1.165, 1.54) is 6.20 Å². The van der Waals surface area contributed by atoms with Gasteiger partial charge in [0.15, 0.2) is 0 Å². The zero-order valence-electron chi connectivity index (χ0n) is 15.7. The molecule has 8 heteroatoms. The number of amides is 2. The van der Waals surface area contributed by atoms with Crippen LogP contribution in [0, 0.1) is 5.92 Å². The third kappa shape index (κ3) is 5.68. The van der Waals surface area contributed by atoms with E-state index in [1.54, 1.807) is 43.5 Å². The van der Waals surface area contributed by atoms with Crippen LogP contribution in [0.25, 0.3) is 0 Å². The number of nitrogens with zero attached hydrogens (tertiary/aromatic N) is 2. The van der Waals surface area contributed by atoms with Gasteiger partial charge in [0.2, 0.25) is 11.8 Å². The van der Waals surface area contributed by atoms with E-state index in [1.807, 2.05) is 4.90 Å². The number of ether oxygens (including phenoxy) is 1. The molecule has 0 aliphatic carbocycles. The summed E-state index contributed by atoms with van der Waals surface area (Å²) in [6, 6.07) is 10.5. The van der Waals surface area contributed by atoms with Gasteiger partial charge in [-0.25, -0.2) is 4.98 Å². The molecule has 2 aromatic rings. The summed E-state index contributed by atoms with van der Waals surface area (Å²) in [5, 5.41) is 6.20. The fourth-order valence-electron chi connectivity index (χ4n) is 3.17. The van der Waals surface area contributed by atoms with Crippen LogP contribution < -0.4 is 15.4 Å². The Balaban J connectivity index is 1.50. The molecule has 0 radical (unpaired) electrons. The topological polar surface area (TPSA) is 83.6 Å². The van der Waals surface area contributed by atoms with E-state index in [0.29, 0.717) is 23.1 Å². The third-order valence-electron chi connectivity index (χ3n) is 4.60. The van der Waals surface area contributed by atoms with Crippen LogP contribution in [0.3, 0.4) is 0 Å². The average molecular weight is 403 g/mol. The number of aromatic nitrogens is 1. The number of anilines is 2. The second-order valence-corrected chi connectivity index (χ2v) is 7.14. The summed E-state index contributed by atoms with van der Waals surface area (Å²) in [6.07, 6.45) is 3.14. The molecule has 0 bridgehead atoms. The van der Waals surface area contributed by atoms with Crippen LogP contribution in [0.4, 0.5) is 11.5 Å². The van der Waals surface area contributed by atoms with Gasteiger partial charge in [-0.1, -0.05) is 11.6 Å². The Morgan fingerprint density at radius 3 is 2.68 bits per heavy atom. The number of carbonyl (C=O) groups excluding carboxylic acids is 2. The summed E-state index contributed by atoms with van der Waals surface area (Å²) in [7, 11) is 1.60. The Morgan fingerprint density at radius 2 is 2.00 bits per heavy atom. The second-order valence-electron chi connectivity index (χ2n) is 6.70. The van der Waals surface area contributed by atoms with Crippen LogP contribution >= 0.6 is 11.6 Å². The van der Waals surface area contributed by atoms with Gasteiger partial charge >= 0.3 is 0 Å². The van der Waals surface area contributed by atoms with Crippen molar-refractivity contribution in [1.82, 2.24) is 9.88 Å². The van der Waals surface area contributed by atoms with Crippen LogP contribution in [-0.2, 0) is 9.59 Å². The van der Waals surface area contributed by atoms with Crippen molar-refractivity contribution < 1.29 is 14.3 Å². The minimum absolute atomic E-state index is 0.0879. The van der Waals surface area contributed by atoms with Crippen LogP contribution in [0.5, 0.6) is 5.75 Å². The van der Waals surface area contributed by atoms with Crippen LogP contribution in [0.15, 0.2) is 42.6 Å². The molecule has 1 aliphatic heterocycles. The first-order chi connectivity index (χ1) is 13.5. The maximum absolute atomic E-state index is 12.5. The molecule has 1 saturated heterocycles. The molecular formula is C20H23ClN4O3. The van der Waals surface area contributed by atoms with Gasteiger partial charge in [-0.05, 0) is 55.8 Å². The highest BCUT2D eigenvalue weighted by Gasteiger charge is 2.27. The summed E-state index contributed by atoms with van der Waals surface area (Å²) in [5.74, 6) is 0.836. The zero-order chi connectivity index (χ0) is 19.9. The van der Waals surface area contributed by atoms with E-state index in [0.717, 1.165) is 25.1 Å². The number of carbonyl (C=O) groups is 2. The highest BCUT2D eigenvalue weighted by atomic mass is 35.5. The molecule has 2 N–H and O–H groups in total. The first kappa shape index (κ1) is 20.1. The Hall–Kier alpha value is -2.64. The standard InChI is InChI=1S/C20H23ClN4O3/c1-28-17-7-5-16(6-8-17)23-19(26)13-25-10-2-3-14(12-25)20(27)24-18-9-4-15(21)11-22-18/h4-9,11,14H,2-3,10,12-13H2,1H3,(H,23,26)(H,22,24,27). The molecule has 2 heterocycles. The van der Waals surface area contributed by atoms with E-state index in [2.05, 4.69) is 15.6 Å². The normalized spacial score (nSPS) is 17.0. The molecule has 1 aromatic carbocycles. The van der Waals surface area contributed by atoms with Gasteiger partial charge in [-0.3, -0.25) is 14.5 Å². The van der Waals surface area contributed by atoms with Crippen LogP contribution in [-0.4, -0.2) is 48.4 Å². The lowest BCUT2D eigenvalue weighted by molar-refractivity contribution is -0.123. The summed E-state index contributed by atoms with van der Waals surface area (Å²) in [4.78, 5) is 30.9. The Morgan fingerprint density at radius 1 is 1.21 bits per heavy atom. The largest absolute Gasteiger partial charge is 0.497 e. The lowest BCUT2D eigenvalue weighted by atomic mass is 9.97. The smallest absolute Gasteiger partial charge is 0.238 e. The molecule has 0 saturated carbocycles. The fraction of sp³-hybridized carbons (Fsp3) is 0.350. The van der Waals surface area contributed by atoms with E-state index >= 15 is 0 Å². The van der Waals surface area contributed by atoms with Crippen molar-refractivity contribution in [2.24, 2.45) is 5.92 Å². The number of rotatable bonds is 6. The van der Waals surface area contributed by atoms with E-state index in [9.17, 15) is 9.59 Å². The second kappa shape index (κ2) is 9.52. The first-order valence-electron chi connectivity index (χ1n) is 9.12. The molecule has 28 heavy (non-hydrogen) atoms. The number of halogens is 1. The van der Waals surface area contributed by atoms with E-state index in [-0.39, 0.29) is 24.3 Å². The van der Waals surface area contributed by atoms with Crippen molar-refractivity contribution in [3.05, 3.63) is 47.6 Å². The first-order valence-corrected chi connectivity index (χ1v) is 9.50. The summed E-state index contributed by atoms with van der Waals surface area (Å²) in [6.45, 7) is 1.57. The minimum Gasteiger partial charge on any atom is -0.497 e. The zero-order valence-corrected chi connectivity index (χ0v) is 16.4. The molecule has 1 atom stereocenters. The van der Waals surface area contributed by atoms with Crippen LogP contribution in [0.2, 0.25) is 5.02 Å². The molecule has 148 valence electrons. The molecule has 1 aliphatic rings. The van der Waals surface area contributed by atoms with Gasteiger partial charge in [0.05, 0.1) is 24.6 Å². The van der Waals surface area contributed by atoms with Crippen molar-refractivity contribution in [1.29, 1.82) is 0 Å². The van der Waals surface area contributed by atoms with Crippen molar-refractivity contribution in [2.45, 2.75) is 12.8 Å². The SMILES string of the molecule is COc1ccc(NC(=O)CN2CCCC(C(=O)Nc3ccc(Cl)cn3)C2)cc1. The predicted molar refractivity (Wildman–Crippen MR) is 109 cm³/mol. The van der Waals surface area contributed by atoms with E-state index < -0.39 is 0 Å². The maximum atomic E-state index is 12.5. The molecular weight excluding hydrogens is 380 g/mol. The van der Waals surface area contributed by atoms with Crippen LogP contribution in [0.1, 0.15) is 12.8 Å². The number of methoxy groups -OCH3 is 1. The average Bonchev–Trinajstić information content (AvgIpc) is 2.70. The fourth-order valence-corrected chi connectivity index (χ4v) is 3.28. The number of hydrogen-bond acceptors (Lipinski definition) is 5. The van der Waals surface area contributed by atoms with Crippen molar-refractivity contribution >= 4 is 34.9 Å². The van der Waals surface area contributed by atoms with Crippen molar-refractivity contribution in [3.8, 4) is 5.75 Å².